The smallest absolute Gasteiger partial charge is 0.100 e. The van der Waals surface area contributed by atoms with Gasteiger partial charge in [-0.2, -0.15) is 5.26 Å². The Hall–Kier alpha value is -1.05. The molecule has 0 bridgehead atoms. The Bertz CT molecular complexity index is 447. The van der Waals surface area contributed by atoms with Gasteiger partial charge in [0.1, 0.15) is 6.07 Å². The van der Waals surface area contributed by atoms with E-state index in [-0.39, 0.29) is 5.54 Å². The fraction of sp³-hybridized carbons (Fsp3) is 0.462. The zero-order valence-electron chi connectivity index (χ0n) is 9.79. The van der Waals surface area contributed by atoms with Crippen LogP contribution in [0.3, 0.4) is 0 Å². The number of nitriles is 1. The Morgan fingerprint density at radius 2 is 2.35 bits per heavy atom. The molecule has 4 heteroatoms. The molecule has 1 unspecified atom stereocenters. The molecular weight excluding hydrogens is 280 g/mol. The normalized spacial score (nSPS) is 24.1. The van der Waals surface area contributed by atoms with E-state index in [1.165, 1.54) is 0 Å². The van der Waals surface area contributed by atoms with Gasteiger partial charge < -0.3 is 10.1 Å². The van der Waals surface area contributed by atoms with Gasteiger partial charge in [-0.1, -0.05) is 0 Å². The maximum Gasteiger partial charge on any atom is 0.100 e. The third-order valence-corrected chi connectivity index (χ3v) is 3.63. The molecule has 1 aliphatic rings. The van der Waals surface area contributed by atoms with Gasteiger partial charge in [0.05, 0.1) is 17.7 Å². The number of ether oxygens (including phenoxy) is 1. The van der Waals surface area contributed by atoms with Crippen LogP contribution in [0.25, 0.3) is 0 Å². The third-order valence-electron chi connectivity index (χ3n) is 2.97. The largest absolute Gasteiger partial charge is 0.379 e. The average Bonchev–Trinajstić information content (AvgIpc) is 2.29. The summed E-state index contributed by atoms with van der Waals surface area (Å²) in [5.41, 5.74) is 1.66. The van der Waals surface area contributed by atoms with Gasteiger partial charge in [-0.25, -0.2) is 0 Å². The first-order valence-electron chi connectivity index (χ1n) is 5.69. The fourth-order valence-electron chi connectivity index (χ4n) is 2.06. The number of anilines is 1. The second kappa shape index (κ2) is 5.07. The van der Waals surface area contributed by atoms with Crippen LogP contribution < -0.4 is 5.32 Å². The van der Waals surface area contributed by atoms with E-state index in [0.717, 1.165) is 36.2 Å². The van der Waals surface area contributed by atoms with Crippen molar-refractivity contribution in [1.29, 1.82) is 5.26 Å². The second-order valence-electron chi connectivity index (χ2n) is 4.65. The van der Waals surface area contributed by atoms with E-state index in [9.17, 15) is 0 Å². The van der Waals surface area contributed by atoms with Crippen molar-refractivity contribution in [3.63, 3.8) is 0 Å². The summed E-state index contributed by atoms with van der Waals surface area (Å²) in [4.78, 5) is 0. The van der Waals surface area contributed by atoms with Gasteiger partial charge in [0.15, 0.2) is 0 Å². The Kier molecular flexibility index (Phi) is 3.70. The number of rotatable bonds is 2. The molecule has 90 valence electrons. The molecule has 1 aromatic carbocycles. The summed E-state index contributed by atoms with van der Waals surface area (Å²) < 4.78 is 6.33. The predicted octanol–water partition coefficient (Wildman–Crippen LogP) is 3.30. The summed E-state index contributed by atoms with van der Waals surface area (Å²) in [5, 5.41) is 12.3. The number of halogens is 1. The minimum absolute atomic E-state index is 0.00809. The molecule has 1 heterocycles. The van der Waals surface area contributed by atoms with E-state index in [1.807, 2.05) is 18.2 Å². The minimum Gasteiger partial charge on any atom is -0.379 e. The molecule has 0 aromatic heterocycles. The van der Waals surface area contributed by atoms with E-state index in [4.69, 9.17) is 10.00 Å². The molecule has 0 saturated carbocycles. The Labute approximate surface area is 110 Å². The molecule has 0 aliphatic carbocycles. The van der Waals surface area contributed by atoms with Crippen LogP contribution >= 0.6 is 15.9 Å². The average molecular weight is 295 g/mol. The molecule has 1 N–H and O–H groups in total. The van der Waals surface area contributed by atoms with Crippen molar-refractivity contribution in [2.75, 3.05) is 18.5 Å². The summed E-state index contributed by atoms with van der Waals surface area (Å²) in [6.07, 6.45) is 2.19. The summed E-state index contributed by atoms with van der Waals surface area (Å²) in [7, 11) is 0. The monoisotopic (exact) mass is 294 g/mol. The fourth-order valence-corrected chi connectivity index (χ4v) is 2.53. The van der Waals surface area contributed by atoms with Crippen LogP contribution in [0.1, 0.15) is 25.3 Å². The van der Waals surface area contributed by atoms with E-state index in [1.54, 1.807) is 0 Å². The van der Waals surface area contributed by atoms with Gasteiger partial charge in [-0.05, 0) is 53.9 Å². The van der Waals surface area contributed by atoms with Gasteiger partial charge in [0, 0.05) is 16.8 Å². The van der Waals surface area contributed by atoms with Crippen LogP contribution in [-0.2, 0) is 4.74 Å². The van der Waals surface area contributed by atoms with Crippen molar-refractivity contribution in [3.05, 3.63) is 28.2 Å². The van der Waals surface area contributed by atoms with Crippen molar-refractivity contribution in [2.45, 2.75) is 25.3 Å². The van der Waals surface area contributed by atoms with Gasteiger partial charge in [0.25, 0.3) is 0 Å². The van der Waals surface area contributed by atoms with Crippen molar-refractivity contribution in [3.8, 4) is 6.07 Å². The summed E-state index contributed by atoms with van der Waals surface area (Å²) in [5.74, 6) is 0. The maximum atomic E-state index is 8.86. The molecule has 1 fully saturated rings. The quantitative estimate of drug-likeness (QED) is 0.910. The lowest BCUT2D eigenvalue weighted by Crippen LogP contribution is -2.43. The molecular formula is C13H15BrN2O. The molecule has 0 amide bonds. The van der Waals surface area contributed by atoms with Gasteiger partial charge in [-0.15, -0.1) is 0 Å². The van der Waals surface area contributed by atoms with Crippen LogP contribution in [0.5, 0.6) is 0 Å². The molecule has 1 atom stereocenters. The lowest BCUT2D eigenvalue weighted by Gasteiger charge is -2.35. The first-order valence-corrected chi connectivity index (χ1v) is 6.48. The molecule has 2 rings (SSSR count). The van der Waals surface area contributed by atoms with Crippen LogP contribution in [0.2, 0.25) is 0 Å². The molecule has 1 aromatic rings. The number of hydrogen-bond donors (Lipinski definition) is 1. The summed E-state index contributed by atoms with van der Waals surface area (Å²) in [6, 6.07) is 7.83. The topological polar surface area (TPSA) is 45.0 Å². The lowest BCUT2D eigenvalue weighted by atomic mass is 9.94. The van der Waals surface area contributed by atoms with Crippen LogP contribution in [0.15, 0.2) is 22.7 Å². The van der Waals surface area contributed by atoms with E-state index in [2.05, 4.69) is 34.2 Å². The molecule has 0 radical (unpaired) electrons. The molecule has 1 saturated heterocycles. The molecule has 1 aliphatic heterocycles. The van der Waals surface area contributed by atoms with E-state index in [0.29, 0.717) is 5.56 Å². The van der Waals surface area contributed by atoms with Crippen LogP contribution in [-0.4, -0.2) is 18.8 Å². The summed E-state index contributed by atoms with van der Waals surface area (Å²) in [6.45, 7) is 3.75. The summed E-state index contributed by atoms with van der Waals surface area (Å²) >= 11 is 3.40. The number of hydrogen-bond acceptors (Lipinski definition) is 3. The first kappa shape index (κ1) is 12.4. The zero-order valence-corrected chi connectivity index (χ0v) is 11.4. The van der Waals surface area contributed by atoms with Gasteiger partial charge in [-0.3, -0.25) is 0 Å². The number of nitrogens with one attached hydrogen (secondary N) is 1. The van der Waals surface area contributed by atoms with Crippen molar-refractivity contribution in [1.82, 2.24) is 0 Å². The Morgan fingerprint density at radius 1 is 1.53 bits per heavy atom. The van der Waals surface area contributed by atoms with Gasteiger partial charge in [0.2, 0.25) is 0 Å². The van der Waals surface area contributed by atoms with Crippen LogP contribution in [0.4, 0.5) is 5.69 Å². The SMILES string of the molecule is CC1(Nc2ccc(C#N)c(Br)c2)CCCOC1. The second-order valence-corrected chi connectivity index (χ2v) is 5.50. The van der Waals surface area contributed by atoms with Crippen molar-refractivity contribution >= 4 is 21.6 Å². The highest BCUT2D eigenvalue weighted by Crippen LogP contribution is 2.27. The molecule has 3 nitrogen and oxygen atoms in total. The van der Waals surface area contributed by atoms with E-state index >= 15 is 0 Å². The maximum absolute atomic E-state index is 8.86. The molecule has 0 spiro atoms. The highest BCUT2D eigenvalue weighted by atomic mass is 79.9. The zero-order chi connectivity index (χ0) is 12.3. The first-order chi connectivity index (χ1) is 8.13. The highest BCUT2D eigenvalue weighted by molar-refractivity contribution is 9.10. The lowest BCUT2D eigenvalue weighted by molar-refractivity contribution is 0.0540. The predicted molar refractivity (Wildman–Crippen MR) is 70.9 cm³/mol. The van der Waals surface area contributed by atoms with Crippen LogP contribution in [0, 0.1) is 11.3 Å². The number of benzene rings is 1. The molecule has 17 heavy (non-hydrogen) atoms. The highest BCUT2D eigenvalue weighted by Gasteiger charge is 2.27. The van der Waals surface area contributed by atoms with Gasteiger partial charge >= 0.3 is 0 Å². The Balaban J connectivity index is 2.13. The van der Waals surface area contributed by atoms with Crippen molar-refractivity contribution < 1.29 is 4.74 Å². The minimum atomic E-state index is -0.00809. The third kappa shape index (κ3) is 2.99. The number of nitrogens with zero attached hydrogens (tertiary/aromatic N) is 1. The van der Waals surface area contributed by atoms with E-state index < -0.39 is 0 Å². The Morgan fingerprint density at radius 3 is 2.94 bits per heavy atom. The standard InChI is InChI=1S/C13H15BrN2O/c1-13(5-2-6-17-9-13)16-11-4-3-10(8-15)12(14)7-11/h3-4,7,16H,2,5-6,9H2,1H3. The van der Waals surface area contributed by atoms with Crippen molar-refractivity contribution in [2.24, 2.45) is 0 Å².